The van der Waals surface area contributed by atoms with Gasteiger partial charge in [-0.3, -0.25) is 4.90 Å². The molecule has 0 spiro atoms. The molecule has 1 aromatic heterocycles. The lowest BCUT2D eigenvalue weighted by molar-refractivity contribution is 0.215. The van der Waals surface area contributed by atoms with Gasteiger partial charge in [0.25, 0.3) is 0 Å². The van der Waals surface area contributed by atoms with Crippen LogP contribution in [0, 0.1) is 22.0 Å². The van der Waals surface area contributed by atoms with Crippen LogP contribution in [-0.4, -0.2) is 27.1 Å². The van der Waals surface area contributed by atoms with Gasteiger partial charge in [0, 0.05) is 18.6 Å². The van der Waals surface area contributed by atoms with Gasteiger partial charge in [-0.1, -0.05) is 18.5 Å². The highest BCUT2D eigenvalue weighted by Gasteiger charge is 2.13. The molecule has 0 amide bonds. The lowest BCUT2D eigenvalue weighted by Crippen LogP contribution is -2.30. The topological polar surface area (TPSA) is 36.9 Å². The van der Waals surface area contributed by atoms with Gasteiger partial charge in [0.05, 0.1) is 29.7 Å². The molecule has 0 saturated carbocycles. The molecule has 0 aliphatic rings. The van der Waals surface area contributed by atoms with Gasteiger partial charge in [-0.05, 0) is 43.9 Å². The second kappa shape index (κ2) is 6.61. The summed E-state index contributed by atoms with van der Waals surface area (Å²) in [6.45, 7) is 6.28. The van der Waals surface area contributed by atoms with E-state index in [0.29, 0.717) is 11.7 Å². The van der Waals surface area contributed by atoms with E-state index in [9.17, 15) is 0 Å². The smallest absolute Gasteiger partial charge is 0.181 e. The number of nitrogens with zero attached hydrogens (tertiary/aromatic N) is 4. The standard InChI is InChI=1S/C15H19ClN4S/c1-4-19(9-11(2)8-17)10-20-14-7-12(16)5-6-13(14)18(3)15(20)21/h5-7,11H,4,9-10H2,1-3H3. The third-order valence-corrected chi connectivity index (χ3v) is 4.38. The summed E-state index contributed by atoms with van der Waals surface area (Å²) in [4.78, 5) is 2.21. The molecule has 1 heterocycles. The summed E-state index contributed by atoms with van der Waals surface area (Å²) >= 11 is 11.7. The molecular weight excluding hydrogens is 304 g/mol. The normalized spacial score (nSPS) is 12.8. The Bertz CT molecular complexity index is 740. The van der Waals surface area contributed by atoms with Crippen LogP contribution in [0.4, 0.5) is 0 Å². The quantitative estimate of drug-likeness (QED) is 0.786. The van der Waals surface area contributed by atoms with E-state index in [4.69, 9.17) is 29.1 Å². The number of hydrogen-bond acceptors (Lipinski definition) is 3. The van der Waals surface area contributed by atoms with Crippen molar-refractivity contribution in [3.05, 3.63) is 28.0 Å². The summed E-state index contributed by atoms with van der Waals surface area (Å²) in [5.41, 5.74) is 2.09. The van der Waals surface area contributed by atoms with Crippen molar-refractivity contribution in [3.63, 3.8) is 0 Å². The molecule has 0 aliphatic carbocycles. The van der Waals surface area contributed by atoms with E-state index in [1.165, 1.54) is 0 Å². The predicted molar refractivity (Wildman–Crippen MR) is 88.8 cm³/mol. The van der Waals surface area contributed by atoms with Crippen molar-refractivity contribution in [3.8, 4) is 6.07 Å². The van der Waals surface area contributed by atoms with Crippen molar-refractivity contribution >= 4 is 34.9 Å². The maximum absolute atomic E-state index is 8.99. The molecule has 21 heavy (non-hydrogen) atoms. The number of halogens is 1. The van der Waals surface area contributed by atoms with E-state index in [0.717, 1.165) is 28.9 Å². The van der Waals surface area contributed by atoms with Crippen LogP contribution in [0.3, 0.4) is 0 Å². The van der Waals surface area contributed by atoms with Gasteiger partial charge < -0.3 is 9.13 Å². The molecule has 1 aromatic carbocycles. The SMILES string of the molecule is CCN(CC(C)C#N)Cn1c(=S)n(C)c2ccc(Cl)cc21. The summed E-state index contributed by atoms with van der Waals surface area (Å²) < 4.78 is 4.82. The fourth-order valence-corrected chi connectivity index (χ4v) is 2.86. The molecule has 0 bridgehead atoms. The molecule has 0 N–H and O–H groups in total. The first-order chi connectivity index (χ1) is 9.97. The fourth-order valence-electron chi connectivity index (χ4n) is 2.44. The molecule has 2 rings (SSSR count). The molecular formula is C15H19ClN4S. The molecule has 4 nitrogen and oxygen atoms in total. The Morgan fingerprint density at radius 1 is 1.43 bits per heavy atom. The summed E-state index contributed by atoms with van der Waals surface area (Å²) in [5, 5.41) is 9.69. The lowest BCUT2D eigenvalue weighted by Gasteiger charge is -2.22. The molecule has 0 radical (unpaired) electrons. The molecule has 2 aromatic rings. The van der Waals surface area contributed by atoms with Crippen molar-refractivity contribution in [2.45, 2.75) is 20.5 Å². The summed E-state index contributed by atoms with van der Waals surface area (Å²) in [6, 6.07) is 8.07. The van der Waals surface area contributed by atoms with E-state index >= 15 is 0 Å². The fraction of sp³-hybridized carbons (Fsp3) is 0.467. The molecule has 0 saturated heterocycles. The second-order valence-electron chi connectivity index (χ2n) is 5.24. The molecule has 6 heteroatoms. The van der Waals surface area contributed by atoms with Crippen LogP contribution in [0.25, 0.3) is 11.0 Å². The minimum Gasteiger partial charge on any atom is -0.320 e. The highest BCUT2D eigenvalue weighted by molar-refractivity contribution is 7.71. The lowest BCUT2D eigenvalue weighted by atomic mass is 10.2. The minimum atomic E-state index is -0.00214. The zero-order valence-corrected chi connectivity index (χ0v) is 14.1. The molecule has 1 atom stereocenters. The highest BCUT2D eigenvalue weighted by Crippen LogP contribution is 2.22. The summed E-state index contributed by atoms with van der Waals surface area (Å²) in [5.74, 6) is -0.00214. The number of aryl methyl sites for hydroxylation is 1. The molecule has 0 fully saturated rings. The highest BCUT2D eigenvalue weighted by atomic mass is 35.5. The molecule has 1 unspecified atom stereocenters. The average molecular weight is 323 g/mol. The number of fused-ring (bicyclic) bond motifs is 1. The van der Waals surface area contributed by atoms with E-state index in [1.807, 2.05) is 36.7 Å². The van der Waals surface area contributed by atoms with Gasteiger partial charge in [0.15, 0.2) is 4.77 Å². The Hall–Kier alpha value is -1.35. The van der Waals surface area contributed by atoms with Crippen molar-refractivity contribution in [1.29, 1.82) is 5.26 Å². The van der Waals surface area contributed by atoms with Crippen molar-refractivity contribution in [2.75, 3.05) is 13.1 Å². The first-order valence-electron chi connectivity index (χ1n) is 6.94. The van der Waals surface area contributed by atoms with Gasteiger partial charge in [-0.25, -0.2) is 0 Å². The third-order valence-electron chi connectivity index (χ3n) is 3.65. The van der Waals surface area contributed by atoms with Crippen molar-refractivity contribution in [1.82, 2.24) is 14.0 Å². The average Bonchev–Trinajstić information content (AvgIpc) is 2.70. The van der Waals surface area contributed by atoms with E-state index in [1.54, 1.807) is 0 Å². The van der Waals surface area contributed by atoms with Gasteiger partial charge in [-0.15, -0.1) is 0 Å². The zero-order valence-electron chi connectivity index (χ0n) is 12.5. The number of benzene rings is 1. The minimum absolute atomic E-state index is 0.00214. The molecule has 0 aliphatic heterocycles. The van der Waals surface area contributed by atoms with Crippen LogP contribution in [0.15, 0.2) is 18.2 Å². The van der Waals surface area contributed by atoms with Crippen molar-refractivity contribution < 1.29 is 0 Å². The first-order valence-corrected chi connectivity index (χ1v) is 7.73. The van der Waals surface area contributed by atoms with Crippen molar-refractivity contribution in [2.24, 2.45) is 13.0 Å². The predicted octanol–water partition coefficient (Wildman–Crippen LogP) is 3.80. The number of aromatic nitrogens is 2. The van der Waals surface area contributed by atoms with Crippen LogP contribution in [0.1, 0.15) is 13.8 Å². The summed E-state index contributed by atoms with van der Waals surface area (Å²) in [6.07, 6.45) is 0. The summed E-state index contributed by atoms with van der Waals surface area (Å²) in [7, 11) is 1.96. The van der Waals surface area contributed by atoms with Crippen LogP contribution in [0.5, 0.6) is 0 Å². The monoisotopic (exact) mass is 322 g/mol. The Morgan fingerprint density at radius 2 is 2.14 bits per heavy atom. The first kappa shape index (κ1) is 16.0. The Kier molecular flexibility index (Phi) is 5.04. The van der Waals surface area contributed by atoms with Crippen LogP contribution in [-0.2, 0) is 13.7 Å². The van der Waals surface area contributed by atoms with E-state index < -0.39 is 0 Å². The van der Waals surface area contributed by atoms with Gasteiger partial charge >= 0.3 is 0 Å². The number of hydrogen-bond donors (Lipinski definition) is 0. The van der Waals surface area contributed by atoms with Crippen LogP contribution >= 0.6 is 23.8 Å². The maximum Gasteiger partial charge on any atom is 0.181 e. The van der Waals surface area contributed by atoms with Crippen LogP contribution in [0.2, 0.25) is 5.02 Å². The Balaban J connectivity index is 2.42. The van der Waals surface area contributed by atoms with Gasteiger partial charge in [0.1, 0.15) is 0 Å². The van der Waals surface area contributed by atoms with Crippen LogP contribution < -0.4 is 0 Å². The Labute approximate surface area is 135 Å². The van der Waals surface area contributed by atoms with E-state index in [2.05, 4.69) is 22.5 Å². The maximum atomic E-state index is 8.99. The third kappa shape index (κ3) is 3.29. The zero-order chi connectivity index (χ0) is 15.6. The second-order valence-corrected chi connectivity index (χ2v) is 6.05. The number of imidazole rings is 1. The number of rotatable bonds is 5. The molecule has 112 valence electrons. The number of nitriles is 1. The largest absolute Gasteiger partial charge is 0.320 e. The van der Waals surface area contributed by atoms with E-state index in [-0.39, 0.29) is 5.92 Å². The Morgan fingerprint density at radius 3 is 2.76 bits per heavy atom. The van der Waals surface area contributed by atoms with Gasteiger partial charge in [0.2, 0.25) is 0 Å². The van der Waals surface area contributed by atoms with Gasteiger partial charge in [-0.2, -0.15) is 5.26 Å².